The van der Waals surface area contributed by atoms with Crippen LogP contribution in [0.3, 0.4) is 0 Å². The summed E-state index contributed by atoms with van der Waals surface area (Å²) < 4.78 is 16.4. The van der Waals surface area contributed by atoms with Gasteiger partial charge >= 0.3 is 0 Å². The SMILES string of the molecule is Fc1ccc(Nc2nc3ccccc3nc2NSc2ccccc2)cc1. The second-order valence-electron chi connectivity index (χ2n) is 5.56. The van der Waals surface area contributed by atoms with Gasteiger partial charge in [0.15, 0.2) is 11.6 Å². The van der Waals surface area contributed by atoms with E-state index in [2.05, 4.69) is 20.0 Å². The standard InChI is InChI=1S/C20H15FN4S/c21-14-10-12-15(13-11-14)22-19-20(25-26-16-6-2-1-3-7-16)24-18-9-5-4-8-17(18)23-19/h1-13H,(H,22,23)(H,24,25). The van der Waals surface area contributed by atoms with E-state index < -0.39 is 0 Å². The van der Waals surface area contributed by atoms with E-state index in [1.807, 2.05) is 54.6 Å². The molecule has 0 bridgehead atoms. The van der Waals surface area contributed by atoms with Gasteiger partial charge in [0.1, 0.15) is 5.82 Å². The lowest BCUT2D eigenvalue weighted by molar-refractivity contribution is 0.628. The molecule has 0 aliphatic carbocycles. The first-order valence-corrected chi connectivity index (χ1v) is 8.87. The quantitative estimate of drug-likeness (QED) is 0.451. The predicted molar refractivity (Wildman–Crippen MR) is 105 cm³/mol. The van der Waals surface area contributed by atoms with Crippen LogP contribution in [-0.2, 0) is 0 Å². The van der Waals surface area contributed by atoms with Crippen LogP contribution in [0, 0.1) is 5.82 Å². The van der Waals surface area contributed by atoms with Crippen molar-refractivity contribution in [2.75, 3.05) is 10.0 Å². The van der Waals surface area contributed by atoms with Crippen LogP contribution in [0.4, 0.5) is 21.7 Å². The van der Waals surface area contributed by atoms with Crippen LogP contribution in [0.1, 0.15) is 0 Å². The van der Waals surface area contributed by atoms with E-state index in [1.165, 1.54) is 24.1 Å². The van der Waals surface area contributed by atoms with E-state index in [4.69, 9.17) is 0 Å². The molecule has 26 heavy (non-hydrogen) atoms. The highest BCUT2D eigenvalue weighted by Crippen LogP contribution is 2.28. The minimum atomic E-state index is -0.280. The molecule has 0 saturated heterocycles. The molecular formula is C20H15FN4S. The molecule has 4 nitrogen and oxygen atoms in total. The number of fused-ring (bicyclic) bond motifs is 1. The summed E-state index contributed by atoms with van der Waals surface area (Å²) in [5, 5.41) is 3.21. The molecule has 0 radical (unpaired) electrons. The molecule has 0 amide bonds. The number of hydrogen-bond acceptors (Lipinski definition) is 5. The molecule has 0 unspecified atom stereocenters. The second-order valence-corrected chi connectivity index (χ2v) is 6.44. The highest BCUT2D eigenvalue weighted by Gasteiger charge is 2.10. The molecule has 0 aliphatic heterocycles. The average Bonchev–Trinajstić information content (AvgIpc) is 2.69. The zero-order valence-electron chi connectivity index (χ0n) is 13.7. The number of anilines is 3. The number of halogens is 1. The molecule has 6 heteroatoms. The molecule has 0 spiro atoms. The minimum absolute atomic E-state index is 0.280. The summed E-state index contributed by atoms with van der Waals surface area (Å²) in [6.45, 7) is 0. The molecule has 0 saturated carbocycles. The Balaban J connectivity index is 1.67. The van der Waals surface area contributed by atoms with Crippen molar-refractivity contribution in [3.63, 3.8) is 0 Å². The first kappa shape index (κ1) is 16.4. The van der Waals surface area contributed by atoms with Gasteiger partial charge < -0.3 is 10.0 Å². The molecule has 4 aromatic rings. The van der Waals surface area contributed by atoms with Crippen molar-refractivity contribution in [1.82, 2.24) is 9.97 Å². The van der Waals surface area contributed by atoms with Crippen LogP contribution in [-0.4, -0.2) is 9.97 Å². The number of hydrogen-bond donors (Lipinski definition) is 2. The van der Waals surface area contributed by atoms with Crippen molar-refractivity contribution in [2.24, 2.45) is 0 Å². The van der Waals surface area contributed by atoms with Gasteiger partial charge in [0, 0.05) is 10.6 Å². The van der Waals surface area contributed by atoms with Crippen molar-refractivity contribution in [3.05, 3.63) is 84.7 Å². The van der Waals surface area contributed by atoms with Crippen LogP contribution in [0.25, 0.3) is 11.0 Å². The van der Waals surface area contributed by atoms with E-state index >= 15 is 0 Å². The molecule has 1 heterocycles. The number of para-hydroxylation sites is 2. The topological polar surface area (TPSA) is 49.8 Å². The maximum Gasteiger partial charge on any atom is 0.180 e. The lowest BCUT2D eigenvalue weighted by Gasteiger charge is -2.13. The molecular weight excluding hydrogens is 347 g/mol. The van der Waals surface area contributed by atoms with E-state index in [1.54, 1.807) is 12.1 Å². The first-order chi connectivity index (χ1) is 12.8. The first-order valence-electron chi connectivity index (χ1n) is 8.05. The van der Waals surface area contributed by atoms with Crippen molar-refractivity contribution in [1.29, 1.82) is 0 Å². The Morgan fingerprint density at radius 2 is 1.31 bits per heavy atom. The van der Waals surface area contributed by atoms with Crippen LogP contribution >= 0.6 is 11.9 Å². The van der Waals surface area contributed by atoms with Crippen molar-refractivity contribution in [3.8, 4) is 0 Å². The van der Waals surface area contributed by atoms with Gasteiger partial charge in [0.2, 0.25) is 0 Å². The number of nitrogens with zero attached hydrogens (tertiary/aromatic N) is 2. The van der Waals surface area contributed by atoms with E-state index in [0.29, 0.717) is 11.6 Å². The lowest BCUT2D eigenvalue weighted by atomic mass is 10.3. The zero-order chi connectivity index (χ0) is 17.8. The summed E-state index contributed by atoms with van der Waals surface area (Å²) in [5.74, 6) is 0.916. The van der Waals surface area contributed by atoms with Crippen molar-refractivity contribution >= 4 is 40.3 Å². The Hall–Kier alpha value is -3.12. The van der Waals surface area contributed by atoms with Crippen molar-refractivity contribution < 1.29 is 4.39 Å². The molecule has 1 aromatic heterocycles. The summed E-state index contributed by atoms with van der Waals surface area (Å²) >= 11 is 1.46. The van der Waals surface area contributed by atoms with Gasteiger partial charge in [-0.25, -0.2) is 14.4 Å². The maximum atomic E-state index is 13.2. The fraction of sp³-hybridized carbons (Fsp3) is 0. The highest BCUT2D eigenvalue weighted by atomic mass is 32.2. The number of benzene rings is 3. The Morgan fingerprint density at radius 3 is 2.00 bits per heavy atom. The predicted octanol–water partition coefficient (Wildman–Crippen LogP) is 5.63. The van der Waals surface area contributed by atoms with E-state index in [0.717, 1.165) is 21.6 Å². The fourth-order valence-electron chi connectivity index (χ4n) is 2.42. The highest BCUT2D eigenvalue weighted by molar-refractivity contribution is 8.00. The Bertz CT molecular complexity index is 1020. The number of nitrogens with one attached hydrogen (secondary N) is 2. The monoisotopic (exact) mass is 362 g/mol. The van der Waals surface area contributed by atoms with Crippen LogP contribution < -0.4 is 10.0 Å². The molecule has 0 fully saturated rings. The third kappa shape index (κ3) is 3.75. The average molecular weight is 362 g/mol. The van der Waals surface area contributed by atoms with Crippen LogP contribution in [0.15, 0.2) is 83.8 Å². The van der Waals surface area contributed by atoms with E-state index in [9.17, 15) is 4.39 Å². The summed E-state index contributed by atoms with van der Waals surface area (Å²) in [7, 11) is 0. The fourth-order valence-corrected chi connectivity index (χ4v) is 3.07. The third-order valence-electron chi connectivity index (χ3n) is 3.69. The maximum absolute atomic E-state index is 13.2. The summed E-state index contributed by atoms with van der Waals surface area (Å²) in [5.41, 5.74) is 2.32. The summed E-state index contributed by atoms with van der Waals surface area (Å²) in [6.07, 6.45) is 0. The van der Waals surface area contributed by atoms with Gasteiger partial charge in [-0.15, -0.1) is 0 Å². The van der Waals surface area contributed by atoms with Gasteiger partial charge in [0.05, 0.1) is 11.0 Å². The van der Waals surface area contributed by atoms with E-state index in [-0.39, 0.29) is 5.82 Å². The largest absolute Gasteiger partial charge is 0.337 e. The third-order valence-corrected chi connectivity index (χ3v) is 4.49. The molecule has 128 valence electrons. The Morgan fingerprint density at radius 1 is 0.692 bits per heavy atom. The van der Waals surface area contributed by atoms with Gasteiger partial charge in [-0.1, -0.05) is 30.3 Å². The minimum Gasteiger partial charge on any atom is -0.337 e. The normalized spacial score (nSPS) is 10.7. The van der Waals surface area contributed by atoms with Gasteiger partial charge in [-0.3, -0.25) is 0 Å². The number of rotatable bonds is 5. The van der Waals surface area contributed by atoms with Gasteiger partial charge in [-0.05, 0) is 60.5 Å². The zero-order valence-corrected chi connectivity index (χ0v) is 14.5. The molecule has 3 aromatic carbocycles. The smallest absolute Gasteiger partial charge is 0.180 e. The molecule has 4 rings (SSSR count). The Labute approximate surface area is 154 Å². The van der Waals surface area contributed by atoms with Crippen LogP contribution in [0.5, 0.6) is 0 Å². The summed E-state index contributed by atoms with van der Waals surface area (Å²) in [4.78, 5) is 10.4. The number of aromatic nitrogens is 2. The molecule has 0 atom stereocenters. The second kappa shape index (κ2) is 7.41. The summed E-state index contributed by atoms with van der Waals surface area (Å²) in [6, 6.07) is 23.8. The van der Waals surface area contributed by atoms with Gasteiger partial charge in [-0.2, -0.15) is 0 Å². The lowest BCUT2D eigenvalue weighted by Crippen LogP contribution is -2.02. The van der Waals surface area contributed by atoms with Gasteiger partial charge in [0.25, 0.3) is 0 Å². The molecule has 0 aliphatic rings. The molecule has 2 N–H and O–H groups in total. The van der Waals surface area contributed by atoms with Crippen LogP contribution in [0.2, 0.25) is 0 Å². The Kier molecular flexibility index (Phi) is 4.66. The van der Waals surface area contributed by atoms with Crippen molar-refractivity contribution in [2.45, 2.75) is 4.90 Å².